The van der Waals surface area contributed by atoms with E-state index < -0.39 is 6.10 Å². The molecule has 0 aromatic carbocycles. The van der Waals surface area contributed by atoms with Gasteiger partial charge in [0.15, 0.2) is 0 Å². The second-order valence-corrected chi connectivity index (χ2v) is 4.65. The minimum atomic E-state index is -0.468. The zero-order valence-electron chi connectivity index (χ0n) is 10.8. The van der Waals surface area contributed by atoms with E-state index >= 15 is 0 Å². The molecule has 1 aromatic rings. The molecule has 6 nitrogen and oxygen atoms in total. The van der Waals surface area contributed by atoms with Gasteiger partial charge in [-0.15, -0.1) is 0 Å². The highest BCUT2D eigenvalue weighted by atomic mass is 16.6. The lowest BCUT2D eigenvalue weighted by atomic mass is 10.1. The molecule has 0 unspecified atom stereocenters. The summed E-state index contributed by atoms with van der Waals surface area (Å²) >= 11 is 0. The van der Waals surface area contributed by atoms with Gasteiger partial charge in [-0.05, 0) is 12.8 Å². The van der Waals surface area contributed by atoms with Crippen molar-refractivity contribution in [1.29, 1.82) is 0 Å². The Bertz CT molecular complexity index is 419. The Morgan fingerprint density at radius 3 is 3.16 bits per heavy atom. The number of aliphatic hydroxyl groups excluding tert-OH is 1. The zero-order chi connectivity index (χ0) is 13.7. The van der Waals surface area contributed by atoms with E-state index in [0.717, 1.165) is 13.0 Å². The first-order valence-electron chi connectivity index (χ1n) is 6.39. The van der Waals surface area contributed by atoms with Crippen molar-refractivity contribution in [2.75, 3.05) is 13.2 Å². The van der Waals surface area contributed by atoms with Crippen LogP contribution in [-0.2, 0) is 11.3 Å². The molecule has 2 rings (SSSR count). The predicted molar refractivity (Wildman–Crippen MR) is 69.5 cm³/mol. The first-order chi connectivity index (χ1) is 9.20. The van der Waals surface area contributed by atoms with E-state index in [-0.39, 0.29) is 18.7 Å². The monoisotopic (exact) mass is 265 g/mol. The average molecular weight is 265 g/mol. The molecule has 1 amide bonds. The SMILES string of the molecule is C=CCOC(=O)N1C[C@H](O)C[C@H]1CCn1ccnc1. The van der Waals surface area contributed by atoms with Crippen LogP contribution in [0.4, 0.5) is 4.79 Å². The number of likely N-dealkylation sites (tertiary alicyclic amines) is 1. The number of aryl methyl sites for hydroxylation is 1. The van der Waals surface area contributed by atoms with Crippen molar-refractivity contribution < 1.29 is 14.6 Å². The van der Waals surface area contributed by atoms with Crippen LogP contribution in [0.1, 0.15) is 12.8 Å². The summed E-state index contributed by atoms with van der Waals surface area (Å²) < 4.78 is 6.99. The van der Waals surface area contributed by atoms with Crippen LogP contribution < -0.4 is 0 Å². The van der Waals surface area contributed by atoms with Gasteiger partial charge in [0.1, 0.15) is 6.61 Å². The van der Waals surface area contributed by atoms with Gasteiger partial charge in [-0.3, -0.25) is 0 Å². The fraction of sp³-hybridized carbons (Fsp3) is 0.538. The molecule has 1 fully saturated rings. The van der Waals surface area contributed by atoms with Crippen LogP contribution >= 0.6 is 0 Å². The van der Waals surface area contributed by atoms with Crippen molar-refractivity contribution >= 4 is 6.09 Å². The van der Waals surface area contributed by atoms with E-state index in [1.807, 2.05) is 10.8 Å². The van der Waals surface area contributed by atoms with E-state index in [2.05, 4.69) is 11.6 Å². The molecule has 0 spiro atoms. The van der Waals surface area contributed by atoms with Crippen LogP contribution in [0.3, 0.4) is 0 Å². The van der Waals surface area contributed by atoms with Crippen LogP contribution in [0.5, 0.6) is 0 Å². The van der Waals surface area contributed by atoms with Crippen LogP contribution in [0.15, 0.2) is 31.4 Å². The maximum absolute atomic E-state index is 11.8. The van der Waals surface area contributed by atoms with E-state index in [4.69, 9.17) is 4.74 Å². The van der Waals surface area contributed by atoms with Crippen molar-refractivity contribution in [1.82, 2.24) is 14.5 Å². The number of aliphatic hydroxyl groups is 1. The highest BCUT2D eigenvalue weighted by Gasteiger charge is 2.34. The quantitative estimate of drug-likeness (QED) is 0.807. The van der Waals surface area contributed by atoms with Crippen molar-refractivity contribution in [3.63, 3.8) is 0 Å². The third kappa shape index (κ3) is 3.57. The lowest BCUT2D eigenvalue weighted by Gasteiger charge is -2.23. The third-order valence-corrected chi connectivity index (χ3v) is 3.23. The molecule has 1 aromatic heterocycles. The molecule has 0 bridgehead atoms. The molecule has 1 saturated heterocycles. The third-order valence-electron chi connectivity index (χ3n) is 3.23. The lowest BCUT2D eigenvalue weighted by molar-refractivity contribution is 0.101. The van der Waals surface area contributed by atoms with Gasteiger partial charge >= 0.3 is 6.09 Å². The minimum absolute atomic E-state index is 0.00900. The molecule has 0 saturated carbocycles. The van der Waals surface area contributed by atoms with Gasteiger partial charge < -0.3 is 19.3 Å². The van der Waals surface area contributed by atoms with E-state index in [0.29, 0.717) is 13.0 Å². The van der Waals surface area contributed by atoms with Gasteiger partial charge in [0.25, 0.3) is 0 Å². The normalized spacial score (nSPS) is 22.5. The zero-order valence-corrected chi connectivity index (χ0v) is 10.8. The lowest BCUT2D eigenvalue weighted by Crippen LogP contribution is -2.37. The molecule has 104 valence electrons. The van der Waals surface area contributed by atoms with E-state index in [9.17, 15) is 9.90 Å². The summed E-state index contributed by atoms with van der Waals surface area (Å²) in [5.41, 5.74) is 0. The number of rotatable bonds is 5. The fourth-order valence-corrected chi connectivity index (χ4v) is 2.32. The summed E-state index contributed by atoms with van der Waals surface area (Å²) in [4.78, 5) is 17.4. The Balaban J connectivity index is 1.89. The molecular formula is C13H19N3O3. The van der Waals surface area contributed by atoms with Crippen molar-refractivity contribution in [2.45, 2.75) is 31.5 Å². The van der Waals surface area contributed by atoms with Gasteiger partial charge in [-0.2, -0.15) is 0 Å². The first kappa shape index (κ1) is 13.6. The number of carbonyl (C=O) groups excluding carboxylic acids is 1. The second kappa shape index (κ2) is 6.38. The van der Waals surface area contributed by atoms with Crippen molar-refractivity contribution in [3.8, 4) is 0 Å². The second-order valence-electron chi connectivity index (χ2n) is 4.65. The number of aromatic nitrogens is 2. The van der Waals surface area contributed by atoms with Gasteiger partial charge in [0.05, 0.1) is 19.0 Å². The van der Waals surface area contributed by atoms with Crippen molar-refractivity contribution in [3.05, 3.63) is 31.4 Å². The molecule has 19 heavy (non-hydrogen) atoms. The maximum Gasteiger partial charge on any atom is 0.410 e. The smallest absolute Gasteiger partial charge is 0.410 e. The number of nitrogens with zero attached hydrogens (tertiary/aromatic N) is 3. The summed E-state index contributed by atoms with van der Waals surface area (Å²) in [6, 6.07) is 0.00900. The number of β-amino-alcohol motifs (C(OH)–C–C–N with tert-alkyl or cyclic N) is 1. The molecule has 0 radical (unpaired) electrons. The fourth-order valence-electron chi connectivity index (χ4n) is 2.32. The molecule has 0 aliphatic carbocycles. The summed E-state index contributed by atoms with van der Waals surface area (Å²) in [5.74, 6) is 0. The van der Waals surface area contributed by atoms with Gasteiger partial charge in [-0.1, -0.05) is 12.7 Å². The summed E-state index contributed by atoms with van der Waals surface area (Å²) in [7, 11) is 0. The first-order valence-corrected chi connectivity index (χ1v) is 6.39. The average Bonchev–Trinajstić information content (AvgIpc) is 3.02. The molecule has 6 heteroatoms. The topological polar surface area (TPSA) is 67.6 Å². The van der Waals surface area contributed by atoms with Gasteiger partial charge in [-0.25, -0.2) is 9.78 Å². The predicted octanol–water partition coefficient (Wildman–Crippen LogP) is 1.03. The highest BCUT2D eigenvalue weighted by molar-refractivity contribution is 5.68. The largest absolute Gasteiger partial charge is 0.445 e. The maximum atomic E-state index is 11.8. The number of carbonyl (C=O) groups is 1. The molecular weight excluding hydrogens is 246 g/mol. The molecule has 2 heterocycles. The standard InChI is InChI=1S/C13H19N3O3/c1-2-7-19-13(18)16-9-12(17)8-11(16)3-5-15-6-4-14-10-15/h2,4,6,10-12,17H,1,3,5,7-9H2/t11-,12-/m1/s1. The van der Waals surface area contributed by atoms with Crippen LogP contribution in [0.2, 0.25) is 0 Å². The number of hydrogen-bond donors (Lipinski definition) is 1. The molecule has 1 aliphatic heterocycles. The molecule has 2 atom stereocenters. The van der Waals surface area contributed by atoms with E-state index in [1.54, 1.807) is 17.4 Å². The Hall–Kier alpha value is -1.82. The summed E-state index contributed by atoms with van der Waals surface area (Å²) in [6.07, 6.45) is 7.40. The molecule has 1 aliphatic rings. The number of amides is 1. The summed E-state index contributed by atoms with van der Waals surface area (Å²) in [5, 5.41) is 9.71. The number of hydrogen-bond acceptors (Lipinski definition) is 4. The molecule has 1 N–H and O–H groups in total. The van der Waals surface area contributed by atoms with E-state index in [1.165, 1.54) is 6.08 Å². The number of ether oxygens (including phenoxy) is 1. The van der Waals surface area contributed by atoms with Crippen LogP contribution in [0, 0.1) is 0 Å². The number of imidazole rings is 1. The van der Waals surface area contributed by atoms with Crippen LogP contribution in [-0.4, -0.2) is 50.9 Å². The highest BCUT2D eigenvalue weighted by Crippen LogP contribution is 2.22. The van der Waals surface area contributed by atoms with Gasteiger partial charge in [0.2, 0.25) is 0 Å². The Labute approximate surface area is 112 Å². The Morgan fingerprint density at radius 1 is 1.63 bits per heavy atom. The van der Waals surface area contributed by atoms with Gasteiger partial charge in [0, 0.05) is 25.0 Å². The van der Waals surface area contributed by atoms with Crippen LogP contribution in [0.25, 0.3) is 0 Å². The Morgan fingerprint density at radius 2 is 2.47 bits per heavy atom. The van der Waals surface area contributed by atoms with Crippen molar-refractivity contribution in [2.24, 2.45) is 0 Å². The minimum Gasteiger partial charge on any atom is -0.445 e. The Kier molecular flexibility index (Phi) is 4.57. The summed E-state index contributed by atoms with van der Waals surface area (Å²) in [6.45, 7) is 4.81.